The van der Waals surface area contributed by atoms with Gasteiger partial charge in [0.1, 0.15) is 0 Å². The fourth-order valence-electron chi connectivity index (χ4n) is 3.67. The molecule has 0 spiro atoms. The zero-order valence-electron chi connectivity index (χ0n) is 14.7. The van der Waals surface area contributed by atoms with Crippen molar-refractivity contribution in [1.29, 1.82) is 0 Å². The predicted octanol–water partition coefficient (Wildman–Crippen LogP) is 3.30. The van der Waals surface area contributed by atoms with E-state index in [0.29, 0.717) is 5.56 Å². The van der Waals surface area contributed by atoms with Crippen molar-refractivity contribution < 1.29 is 4.79 Å². The molecule has 0 aliphatic heterocycles. The molecule has 5 nitrogen and oxygen atoms in total. The zero-order chi connectivity index (χ0) is 17.3. The molecule has 0 bridgehead atoms. The van der Waals surface area contributed by atoms with E-state index in [9.17, 15) is 4.79 Å². The molecule has 2 aromatic rings. The lowest BCUT2D eigenvalue weighted by Gasteiger charge is -2.26. The maximum Gasteiger partial charge on any atom is 0.255 e. The van der Waals surface area contributed by atoms with E-state index in [1.165, 1.54) is 11.1 Å². The van der Waals surface area contributed by atoms with E-state index < -0.39 is 0 Å². The zero-order valence-corrected chi connectivity index (χ0v) is 14.7. The van der Waals surface area contributed by atoms with Crippen molar-refractivity contribution in [1.82, 2.24) is 15.1 Å². The van der Waals surface area contributed by atoms with Gasteiger partial charge in [0.25, 0.3) is 5.91 Å². The molecule has 3 N–H and O–H groups in total. The van der Waals surface area contributed by atoms with Crippen molar-refractivity contribution in [2.75, 3.05) is 5.73 Å². The van der Waals surface area contributed by atoms with Crippen molar-refractivity contribution in [3.8, 4) is 0 Å². The van der Waals surface area contributed by atoms with Crippen molar-refractivity contribution >= 4 is 11.6 Å². The molecule has 1 heterocycles. The molecule has 0 saturated heterocycles. The highest BCUT2D eigenvalue weighted by Crippen LogP contribution is 2.31. The number of nitrogens with two attached hydrogens (primary N) is 1. The fraction of sp³-hybridized carbons (Fsp3) is 0.474. The van der Waals surface area contributed by atoms with Gasteiger partial charge >= 0.3 is 0 Å². The van der Waals surface area contributed by atoms with Gasteiger partial charge in [-0.1, -0.05) is 13.0 Å². The number of benzene rings is 1. The average molecular weight is 326 g/mol. The van der Waals surface area contributed by atoms with Crippen LogP contribution < -0.4 is 11.1 Å². The molecule has 1 unspecified atom stereocenters. The number of carbonyl (C=O) groups is 1. The van der Waals surface area contributed by atoms with E-state index in [-0.39, 0.29) is 11.9 Å². The summed E-state index contributed by atoms with van der Waals surface area (Å²) in [6.45, 7) is 6.83. The van der Waals surface area contributed by atoms with Gasteiger partial charge in [0, 0.05) is 17.9 Å². The van der Waals surface area contributed by atoms with Crippen molar-refractivity contribution in [3.05, 3.63) is 46.3 Å². The fourth-order valence-corrected chi connectivity index (χ4v) is 3.67. The Morgan fingerprint density at radius 2 is 2.21 bits per heavy atom. The molecular formula is C19H26N4O. The maximum atomic E-state index is 12.9. The lowest BCUT2D eigenvalue weighted by molar-refractivity contribution is 0.0931. The van der Waals surface area contributed by atoms with Crippen LogP contribution in [0, 0.1) is 13.8 Å². The number of fused-ring (bicyclic) bond motifs is 1. The van der Waals surface area contributed by atoms with Crippen molar-refractivity contribution in [3.63, 3.8) is 0 Å². The maximum absolute atomic E-state index is 12.9. The second kappa shape index (κ2) is 6.67. The van der Waals surface area contributed by atoms with Crippen molar-refractivity contribution in [2.45, 2.75) is 59.0 Å². The Balaban J connectivity index is 1.84. The smallest absolute Gasteiger partial charge is 0.255 e. The summed E-state index contributed by atoms with van der Waals surface area (Å²) in [7, 11) is 0. The molecule has 0 saturated carbocycles. The summed E-state index contributed by atoms with van der Waals surface area (Å²) in [5.41, 5.74) is 11.6. The Kier molecular flexibility index (Phi) is 4.60. The Morgan fingerprint density at radius 1 is 1.42 bits per heavy atom. The minimum absolute atomic E-state index is 0.0259. The number of rotatable bonds is 4. The summed E-state index contributed by atoms with van der Waals surface area (Å²) in [6, 6.07) is 6.05. The second-order valence-electron chi connectivity index (χ2n) is 6.65. The normalized spacial score (nSPS) is 16.7. The number of amides is 1. The Labute approximate surface area is 143 Å². The molecule has 128 valence electrons. The summed E-state index contributed by atoms with van der Waals surface area (Å²) >= 11 is 0. The van der Waals surface area contributed by atoms with E-state index in [1.807, 2.05) is 30.7 Å². The van der Waals surface area contributed by atoms with Crippen molar-refractivity contribution in [2.24, 2.45) is 0 Å². The first-order valence-electron chi connectivity index (χ1n) is 8.74. The number of nitrogen functional groups attached to an aromatic ring is 1. The predicted molar refractivity (Wildman–Crippen MR) is 96.0 cm³/mol. The largest absolute Gasteiger partial charge is 0.399 e. The molecule has 1 aliphatic rings. The molecule has 1 aromatic heterocycles. The van der Waals surface area contributed by atoms with Crippen LogP contribution in [0.15, 0.2) is 18.2 Å². The number of hydrogen-bond donors (Lipinski definition) is 2. The average Bonchev–Trinajstić information content (AvgIpc) is 2.81. The lowest BCUT2D eigenvalue weighted by atomic mass is 9.87. The molecule has 1 atom stereocenters. The van der Waals surface area contributed by atoms with Crippen LogP contribution in [0.2, 0.25) is 0 Å². The van der Waals surface area contributed by atoms with Crippen LogP contribution in [0.25, 0.3) is 0 Å². The summed E-state index contributed by atoms with van der Waals surface area (Å²) in [5, 5.41) is 7.72. The molecular weight excluding hydrogens is 300 g/mol. The minimum atomic E-state index is -0.0259. The van der Waals surface area contributed by atoms with Crippen LogP contribution in [0.4, 0.5) is 5.69 Å². The number of carbonyl (C=O) groups excluding carboxylic acids is 1. The monoisotopic (exact) mass is 326 g/mol. The van der Waals surface area contributed by atoms with E-state index in [4.69, 9.17) is 5.73 Å². The minimum Gasteiger partial charge on any atom is -0.399 e. The number of hydrogen-bond acceptors (Lipinski definition) is 3. The van der Waals surface area contributed by atoms with E-state index >= 15 is 0 Å². The van der Waals surface area contributed by atoms with Gasteiger partial charge in [0.05, 0.1) is 17.3 Å². The summed E-state index contributed by atoms with van der Waals surface area (Å²) in [4.78, 5) is 12.9. The van der Waals surface area contributed by atoms with E-state index in [2.05, 4.69) is 23.4 Å². The third-order valence-electron chi connectivity index (χ3n) is 4.83. The van der Waals surface area contributed by atoms with Crippen LogP contribution in [0.1, 0.15) is 65.1 Å². The first kappa shape index (κ1) is 16.6. The molecule has 24 heavy (non-hydrogen) atoms. The van der Waals surface area contributed by atoms with Gasteiger partial charge in [-0.15, -0.1) is 0 Å². The molecule has 1 aliphatic carbocycles. The lowest BCUT2D eigenvalue weighted by Crippen LogP contribution is -2.31. The first-order valence-corrected chi connectivity index (χ1v) is 8.74. The second-order valence-corrected chi connectivity index (χ2v) is 6.65. The Hall–Kier alpha value is -2.30. The molecule has 3 rings (SSSR count). The third kappa shape index (κ3) is 3.03. The van der Waals surface area contributed by atoms with Crippen LogP contribution in [-0.4, -0.2) is 15.7 Å². The summed E-state index contributed by atoms with van der Waals surface area (Å²) < 4.78 is 1.93. The molecule has 0 radical (unpaired) electrons. The Bertz CT molecular complexity index is 763. The van der Waals surface area contributed by atoms with Gasteiger partial charge < -0.3 is 11.1 Å². The number of aromatic nitrogens is 2. The van der Waals surface area contributed by atoms with Gasteiger partial charge in [-0.05, 0) is 62.8 Å². The van der Waals surface area contributed by atoms with E-state index in [0.717, 1.165) is 49.3 Å². The molecule has 1 amide bonds. The summed E-state index contributed by atoms with van der Waals surface area (Å²) in [6.07, 6.45) is 4.05. The van der Waals surface area contributed by atoms with Gasteiger partial charge in [0.15, 0.2) is 0 Å². The highest BCUT2D eigenvalue weighted by molar-refractivity contribution is 5.96. The van der Waals surface area contributed by atoms with Gasteiger partial charge in [-0.3, -0.25) is 9.48 Å². The van der Waals surface area contributed by atoms with E-state index in [1.54, 1.807) is 0 Å². The SMILES string of the molecule is CCCn1nc(C)c(C(=O)NC2CCCc3cc(N)ccc32)c1C. The van der Waals surface area contributed by atoms with Crippen LogP contribution in [-0.2, 0) is 13.0 Å². The molecule has 5 heteroatoms. The van der Waals surface area contributed by atoms with Gasteiger partial charge in [-0.25, -0.2) is 0 Å². The topological polar surface area (TPSA) is 72.9 Å². The number of nitrogens with one attached hydrogen (secondary N) is 1. The highest BCUT2D eigenvalue weighted by Gasteiger charge is 2.25. The number of nitrogens with zero attached hydrogens (tertiary/aromatic N) is 2. The molecule has 1 aromatic carbocycles. The van der Waals surface area contributed by atoms with Gasteiger partial charge in [0.2, 0.25) is 0 Å². The van der Waals surface area contributed by atoms with Crippen LogP contribution >= 0.6 is 0 Å². The summed E-state index contributed by atoms with van der Waals surface area (Å²) in [5.74, 6) is -0.0259. The number of aryl methyl sites for hydroxylation is 3. The van der Waals surface area contributed by atoms with Gasteiger partial charge in [-0.2, -0.15) is 5.10 Å². The third-order valence-corrected chi connectivity index (χ3v) is 4.83. The quantitative estimate of drug-likeness (QED) is 0.847. The standard InChI is InChI=1S/C19H26N4O/c1-4-10-23-13(3)18(12(2)22-23)19(24)21-17-7-5-6-14-11-15(20)8-9-16(14)17/h8-9,11,17H,4-7,10,20H2,1-3H3,(H,21,24). The van der Waals surface area contributed by atoms with Crippen LogP contribution in [0.5, 0.6) is 0 Å². The Morgan fingerprint density at radius 3 is 2.96 bits per heavy atom. The van der Waals surface area contributed by atoms with Crippen LogP contribution in [0.3, 0.4) is 0 Å². The number of anilines is 1. The first-order chi connectivity index (χ1) is 11.5. The molecule has 0 fully saturated rings. The highest BCUT2D eigenvalue weighted by atomic mass is 16.1.